The fraction of sp³-hybridized carbons (Fsp3) is 0.750. The van der Waals surface area contributed by atoms with E-state index in [1.54, 1.807) is 6.92 Å². The van der Waals surface area contributed by atoms with E-state index in [1.807, 2.05) is 6.92 Å². The van der Waals surface area contributed by atoms with Gasteiger partial charge >= 0.3 is 5.97 Å². The van der Waals surface area contributed by atoms with Gasteiger partial charge in [0.1, 0.15) is 0 Å². The van der Waals surface area contributed by atoms with E-state index >= 15 is 0 Å². The van der Waals surface area contributed by atoms with E-state index in [9.17, 15) is 9.90 Å². The summed E-state index contributed by atoms with van der Waals surface area (Å²) in [5, 5.41) is 9.72. The topological polar surface area (TPSA) is 55.8 Å². The Balaban J connectivity index is 2.49. The number of aliphatic hydroxyl groups is 1. The van der Waals surface area contributed by atoms with E-state index in [-0.39, 0.29) is 18.5 Å². The molecule has 16 heavy (non-hydrogen) atoms. The molecule has 1 aliphatic rings. The lowest BCUT2D eigenvalue weighted by Gasteiger charge is -2.33. The van der Waals surface area contributed by atoms with Gasteiger partial charge in [-0.2, -0.15) is 0 Å². The summed E-state index contributed by atoms with van der Waals surface area (Å²) in [4.78, 5) is 11.3. The Labute approximate surface area is 96.2 Å². The van der Waals surface area contributed by atoms with Gasteiger partial charge in [-0.15, -0.1) is 0 Å². The molecule has 4 heteroatoms. The largest absolute Gasteiger partial charge is 0.466 e. The smallest absolute Gasteiger partial charge is 0.308 e. The lowest BCUT2D eigenvalue weighted by molar-refractivity contribution is -0.155. The molecule has 4 nitrogen and oxygen atoms in total. The average molecular weight is 228 g/mol. The molecular formula is C12H20O4. The summed E-state index contributed by atoms with van der Waals surface area (Å²) in [6, 6.07) is 0. The summed E-state index contributed by atoms with van der Waals surface area (Å²) in [5.74, 6) is -0.325. The normalized spacial score (nSPS) is 29.8. The van der Waals surface area contributed by atoms with Crippen LogP contribution in [0.3, 0.4) is 0 Å². The Bertz CT molecular complexity index is 262. The second kappa shape index (κ2) is 6.01. The lowest BCUT2D eigenvalue weighted by Crippen LogP contribution is -2.40. The Kier molecular flexibility index (Phi) is 4.96. The van der Waals surface area contributed by atoms with Crippen LogP contribution in [-0.2, 0) is 14.3 Å². The molecule has 1 fully saturated rings. The van der Waals surface area contributed by atoms with Crippen molar-refractivity contribution in [3.63, 3.8) is 0 Å². The maximum Gasteiger partial charge on any atom is 0.308 e. The molecule has 0 aromatic rings. The van der Waals surface area contributed by atoms with Crippen LogP contribution in [-0.4, -0.2) is 36.0 Å². The molecule has 1 heterocycles. The Morgan fingerprint density at radius 3 is 2.81 bits per heavy atom. The standard InChI is InChI=1S/C12H20O4/c1-4-15-12(14)7-11-9(13)5-6-10(16-11)8(2)3/h9-11,13H,2,4-7H2,1,3H3/t9-,10+,11+/m0/s1. The van der Waals surface area contributed by atoms with Gasteiger partial charge in [-0.05, 0) is 26.7 Å². The predicted molar refractivity (Wildman–Crippen MR) is 60.0 cm³/mol. The van der Waals surface area contributed by atoms with Crippen LogP contribution in [0.2, 0.25) is 0 Å². The lowest BCUT2D eigenvalue weighted by atomic mass is 9.96. The minimum Gasteiger partial charge on any atom is -0.466 e. The zero-order valence-electron chi connectivity index (χ0n) is 9.94. The first-order chi connectivity index (χ1) is 7.54. The van der Waals surface area contributed by atoms with Crippen molar-refractivity contribution in [1.29, 1.82) is 0 Å². The van der Waals surface area contributed by atoms with E-state index in [0.717, 1.165) is 12.0 Å². The molecule has 1 aliphatic heterocycles. The first-order valence-electron chi connectivity index (χ1n) is 5.69. The second-order valence-electron chi connectivity index (χ2n) is 4.16. The van der Waals surface area contributed by atoms with Crippen molar-refractivity contribution in [3.05, 3.63) is 12.2 Å². The molecule has 0 radical (unpaired) electrons. The van der Waals surface area contributed by atoms with Crippen molar-refractivity contribution in [2.24, 2.45) is 0 Å². The number of esters is 1. The van der Waals surface area contributed by atoms with E-state index in [4.69, 9.17) is 9.47 Å². The van der Waals surface area contributed by atoms with Crippen molar-refractivity contribution in [2.75, 3.05) is 6.61 Å². The monoisotopic (exact) mass is 228 g/mol. The maximum absolute atomic E-state index is 11.3. The van der Waals surface area contributed by atoms with Gasteiger partial charge in [0, 0.05) is 0 Å². The summed E-state index contributed by atoms with van der Waals surface area (Å²) >= 11 is 0. The fourth-order valence-electron chi connectivity index (χ4n) is 1.81. The SMILES string of the molecule is C=C(C)[C@H]1CC[C@H](O)[C@@H](CC(=O)OCC)O1. The van der Waals surface area contributed by atoms with Crippen LogP contribution in [0.4, 0.5) is 0 Å². The average Bonchev–Trinajstić information content (AvgIpc) is 2.21. The van der Waals surface area contributed by atoms with Crippen LogP contribution < -0.4 is 0 Å². The summed E-state index contributed by atoms with van der Waals surface area (Å²) in [6.45, 7) is 7.83. The third-order valence-corrected chi connectivity index (χ3v) is 2.72. The number of rotatable bonds is 4. The molecule has 0 aromatic carbocycles. The molecule has 92 valence electrons. The van der Waals surface area contributed by atoms with E-state index in [0.29, 0.717) is 13.0 Å². The van der Waals surface area contributed by atoms with Crippen LogP contribution in [0.5, 0.6) is 0 Å². The van der Waals surface area contributed by atoms with Gasteiger partial charge < -0.3 is 14.6 Å². The van der Waals surface area contributed by atoms with E-state index < -0.39 is 12.2 Å². The van der Waals surface area contributed by atoms with Crippen LogP contribution in [0.1, 0.15) is 33.1 Å². The van der Waals surface area contributed by atoms with Gasteiger partial charge in [-0.25, -0.2) is 0 Å². The Morgan fingerprint density at radius 1 is 1.56 bits per heavy atom. The Morgan fingerprint density at radius 2 is 2.25 bits per heavy atom. The fourth-order valence-corrected chi connectivity index (χ4v) is 1.81. The summed E-state index contributed by atoms with van der Waals surface area (Å²) in [5.41, 5.74) is 0.931. The summed E-state index contributed by atoms with van der Waals surface area (Å²) in [6.07, 6.45) is 0.410. The number of hydrogen-bond acceptors (Lipinski definition) is 4. The van der Waals surface area contributed by atoms with Gasteiger partial charge in [0.15, 0.2) is 0 Å². The van der Waals surface area contributed by atoms with Crippen molar-refractivity contribution in [1.82, 2.24) is 0 Å². The van der Waals surface area contributed by atoms with Crippen molar-refractivity contribution in [3.8, 4) is 0 Å². The van der Waals surface area contributed by atoms with Gasteiger partial charge in [0.2, 0.25) is 0 Å². The van der Waals surface area contributed by atoms with Gasteiger partial charge in [-0.3, -0.25) is 4.79 Å². The van der Waals surface area contributed by atoms with E-state index in [1.165, 1.54) is 0 Å². The zero-order chi connectivity index (χ0) is 12.1. The summed E-state index contributed by atoms with van der Waals surface area (Å²) in [7, 11) is 0. The van der Waals surface area contributed by atoms with Gasteiger partial charge in [-0.1, -0.05) is 12.2 Å². The second-order valence-corrected chi connectivity index (χ2v) is 4.16. The van der Waals surface area contributed by atoms with Gasteiger partial charge in [0.25, 0.3) is 0 Å². The molecule has 0 spiro atoms. The third-order valence-electron chi connectivity index (χ3n) is 2.72. The first-order valence-corrected chi connectivity index (χ1v) is 5.69. The van der Waals surface area contributed by atoms with E-state index in [2.05, 4.69) is 6.58 Å². The van der Waals surface area contributed by atoms with Crippen molar-refractivity contribution < 1.29 is 19.4 Å². The molecule has 0 bridgehead atoms. The highest BCUT2D eigenvalue weighted by Gasteiger charge is 2.32. The number of aliphatic hydroxyl groups excluding tert-OH is 1. The van der Waals surface area contributed by atoms with Crippen molar-refractivity contribution in [2.45, 2.75) is 51.4 Å². The molecule has 3 atom stereocenters. The van der Waals surface area contributed by atoms with Gasteiger partial charge in [0.05, 0.1) is 31.3 Å². The molecular weight excluding hydrogens is 208 g/mol. The quantitative estimate of drug-likeness (QED) is 0.584. The number of carbonyl (C=O) groups excluding carboxylic acids is 1. The molecule has 1 saturated heterocycles. The third kappa shape index (κ3) is 3.61. The van der Waals surface area contributed by atoms with Crippen LogP contribution in [0.15, 0.2) is 12.2 Å². The highest BCUT2D eigenvalue weighted by Crippen LogP contribution is 2.25. The van der Waals surface area contributed by atoms with Crippen LogP contribution in [0.25, 0.3) is 0 Å². The minimum atomic E-state index is -0.583. The molecule has 0 amide bonds. The molecule has 1 N–H and O–H groups in total. The summed E-state index contributed by atoms with van der Waals surface area (Å²) < 4.78 is 10.5. The molecule has 0 aromatic heterocycles. The first kappa shape index (κ1) is 13.2. The minimum absolute atomic E-state index is 0.0529. The predicted octanol–water partition coefficient (Wildman–Crippen LogP) is 1.42. The number of hydrogen-bond donors (Lipinski definition) is 1. The maximum atomic E-state index is 11.3. The number of carbonyl (C=O) groups is 1. The highest BCUT2D eigenvalue weighted by molar-refractivity contribution is 5.70. The van der Waals surface area contributed by atoms with Crippen molar-refractivity contribution >= 4 is 5.97 Å². The van der Waals surface area contributed by atoms with Crippen LogP contribution in [0, 0.1) is 0 Å². The zero-order valence-corrected chi connectivity index (χ0v) is 9.94. The molecule has 1 rings (SSSR count). The molecule has 0 aliphatic carbocycles. The number of ether oxygens (including phenoxy) is 2. The van der Waals surface area contributed by atoms with Crippen LogP contribution >= 0.6 is 0 Å². The Hall–Kier alpha value is -0.870. The molecule has 0 unspecified atom stereocenters. The molecule has 0 saturated carbocycles. The highest BCUT2D eigenvalue weighted by atomic mass is 16.5.